The maximum atomic E-state index is 7.34. The fourth-order valence-electron chi connectivity index (χ4n) is 10.4. The lowest BCUT2D eigenvalue weighted by Gasteiger charge is -2.29. The summed E-state index contributed by atoms with van der Waals surface area (Å²) >= 11 is 0. The average molecular weight is 959 g/mol. The summed E-state index contributed by atoms with van der Waals surface area (Å²) in [7, 11) is 0. The maximum Gasteiger partial charge on any atom is 0.269 e. The summed E-state index contributed by atoms with van der Waals surface area (Å²) in [5.41, 5.74) is 13.8. The lowest BCUT2D eigenvalue weighted by molar-refractivity contribution is -0.611. The van der Waals surface area contributed by atoms with Gasteiger partial charge < -0.3 is 4.74 Å². The van der Waals surface area contributed by atoms with Gasteiger partial charge in [0.05, 0.1) is 28.1 Å². The SMILES string of the molecule is CC(C)(C)c1cc(-[n+]2[c-]n(-c3cc(Oc4cc(C(C)(C)c5ccccc5)c5c6ccccc6n(-c6cc(C(C)(C)C)ccn6)c5c4)cc(-c4ccccc4)c3)cc2C(C)(C)c2ccccc2)cc(C(C)(C)C)c1. The Morgan fingerprint density at radius 1 is 0.466 bits per heavy atom. The van der Waals surface area contributed by atoms with Crippen molar-refractivity contribution in [3.8, 4) is 39.8 Å². The molecule has 0 bridgehead atoms. The molecule has 73 heavy (non-hydrogen) atoms. The molecule has 0 fully saturated rings. The molecule has 10 aromatic rings. The molecule has 0 amide bonds. The molecule has 3 heterocycles. The third-order valence-corrected chi connectivity index (χ3v) is 15.0. The number of fused-ring (bicyclic) bond motifs is 3. The second-order valence-electron chi connectivity index (χ2n) is 24.1. The predicted octanol–water partition coefficient (Wildman–Crippen LogP) is 17.0. The molecule has 5 nitrogen and oxygen atoms in total. The van der Waals surface area contributed by atoms with Gasteiger partial charge in [0.15, 0.2) is 0 Å². The van der Waals surface area contributed by atoms with Crippen molar-refractivity contribution < 1.29 is 9.30 Å². The fourth-order valence-corrected chi connectivity index (χ4v) is 10.4. The zero-order valence-electron chi connectivity index (χ0n) is 45.1. The Kier molecular flexibility index (Phi) is 12.2. The Bertz CT molecular complexity index is 3600. The van der Waals surface area contributed by atoms with Crippen molar-refractivity contribution in [2.45, 2.75) is 117 Å². The molecule has 0 N–H and O–H groups in total. The number of hydrogen-bond acceptors (Lipinski definition) is 2. The topological polar surface area (TPSA) is 35.9 Å². The van der Waals surface area contributed by atoms with Crippen LogP contribution in [-0.4, -0.2) is 14.1 Å². The highest BCUT2D eigenvalue weighted by Crippen LogP contribution is 2.45. The van der Waals surface area contributed by atoms with Crippen molar-refractivity contribution >= 4 is 21.8 Å². The fraction of sp³-hybridized carbons (Fsp3) is 0.265. The highest BCUT2D eigenvalue weighted by atomic mass is 16.5. The van der Waals surface area contributed by atoms with Crippen LogP contribution in [0.2, 0.25) is 0 Å². The molecule has 368 valence electrons. The van der Waals surface area contributed by atoms with Crippen molar-refractivity contribution in [2.24, 2.45) is 0 Å². The van der Waals surface area contributed by atoms with Crippen molar-refractivity contribution in [2.75, 3.05) is 0 Å². The van der Waals surface area contributed by atoms with Gasteiger partial charge in [-0.05, 0) is 115 Å². The van der Waals surface area contributed by atoms with Gasteiger partial charge in [-0.15, -0.1) is 0 Å². The molecule has 7 aromatic carbocycles. The van der Waals surface area contributed by atoms with E-state index in [4.69, 9.17) is 9.72 Å². The molecule has 0 aliphatic heterocycles. The van der Waals surface area contributed by atoms with Crippen LogP contribution in [0.1, 0.15) is 129 Å². The molecule has 0 saturated heterocycles. The Morgan fingerprint density at radius 3 is 1.64 bits per heavy atom. The van der Waals surface area contributed by atoms with Gasteiger partial charge in [-0.1, -0.05) is 205 Å². The quantitative estimate of drug-likeness (QED) is 0.101. The van der Waals surface area contributed by atoms with Crippen LogP contribution in [0.15, 0.2) is 188 Å². The predicted molar refractivity (Wildman–Crippen MR) is 303 cm³/mol. The molecule has 5 heteroatoms. The Labute approximate surface area is 433 Å². The molecular weight excluding hydrogens is 889 g/mol. The largest absolute Gasteiger partial charge is 0.458 e. The second-order valence-corrected chi connectivity index (χ2v) is 24.1. The van der Waals surface area contributed by atoms with E-state index in [1.165, 1.54) is 44.2 Å². The summed E-state index contributed by atoms with van der Waals surface area (Å²) in [4.78, 5) is 5.06. The lowest BCUT2D eigenvalue weighted by atomic mass is 9.76. The van der Waals surface area contributed by atoms with E-state index in [0.717, 1.165) is 56.5 Å². The molecule has 0 aliphatic carbocycles. The van der Waals surface area contributed by atoms with Crippen LogP contribution in [0.25, 0.3) is 50.1 Å². The van der Waals surface area contributed by atoms with Gasteiger partial charge in [-0.2, -0.15) is 0 Å². The van der Waals surface area contributed by atoms with Gasteiger partial charge in [0.2, 0.25) is 0 Å². The minimum Gasteiger partial charge on any atom is -0.458 e. The van der Waals surface area contributed by atoms with Crippen molar-refractivity contribution in [3.05, 3.63) is 234 Å². The van der Waals surface area contributed by atoms with E-state index in [0.29, 0.717) is 0 Å². The Hall–Kier alpha value is -7.50. The number of ether oxygens (including phenoxy) is 1. The van der Waals surface area contributed by atoms with E-state index in [9.17, 15) is 0 Å². The van der Waals surface area contributed by atoms with Crippen molar-refractivity contribution in [1.82, 2.24) is 14.1 Å². The minimum absolute atomic E-state index is 0.0625. The summed E-state index contributed by atoms with van der Waals surface area (Å²) in [6.45, 7) is 29.9. The summed E-state index contributed by atoms with van der Waals surface area (Å²) in [6, 6.07) is 63.5. The molecule has 0 saturated carbocycles. The maximum absolute atomic E-state index is 7.34. The first-order valence-corrected chi connectivity index (χ1v) is 25.9. The first-order valence-electron chi connectivity index (χ1n) is 25.9. The summed E-state index contributed by atoms with van der Waals surface area (Å²) < 4.78 is 14.1. The number of nitrogens with zero attached hydrogens (tertiary/aromatic N) is 4. The van der Waals surface area contributed by atoms with Crippen LogP contribution in [-0.2, 0) is 27.1 Å². The van der Waals surface area contributed by atoms with Crippen molar-refractivity contribution in [3.63, 3.8) is 0 Å². The second kappa shape index (κ2) is 18.2. The summed E-state index contributed by atoms with van der Waals surface area (Å²) in [5.74, 6) is 2.34. The highest BCUT2D eigenvalue weighted by molar-refractivity contribution is 6.11. The Morgan fingerprint density at radius 2 is 1.03 bits per heavy atom. The molecular formula is C68H70N4O. The van der Waals surface area contributed by atoms with E-state index >= 15 is 0 Å². The van der Waals surface area contributed by atoms with Crippen LogP contribution < -0.4 is 9.30 Å². The van der Waals surface area contributed by atoms with E-state index in [-0.39, 0.29) is 16.2 Å². The number of pyridine rings is 1. The third-order valence-electron chi connectivity index (χ3n) is 15.0. The van der Waals surface area contributed by atoms with E-state index in [1.54, 1.807) is 0 Å². The monoisotopic (exact) mass is 959 g/mol. The number of para-hydroxylation sites is 1. The number of aromatic nitrogens is 4. The highest BCUT2D eigenvalue weighted by Gasteiger charge is 2.32. The average Bonchev–Trinajstić information content (AvgIpc) is 3.97. The van der Waals surface area contributed by atoms with Gasteiger partial charge in [0.1, 0.15) is 17.3 Å². The van der Waals surface area contributed by atoms with Crippen molar-refractivity contribution in [1.29, 1.82) is 0 Å². The number of benzene rings is 7. The van der Waals surface area contributed by atoms with Crippen LogP contribution in [0.3, 0.4) is 0 Å². The molecule has 3 aromatic heterocycles. The zero-order valence-corrected chi connectivity index (χ0v) is 45.1. The van der Waals surface area contributed by atoms with Gasteiger partial charge >= 0.3 is 0 Å². The normalized spacial score (nSPS) is 12.7. The standard InChI is InChI=1S/C68H70N4O/c1-64(2,3)50-33-34-69-62(40-50)72-59-32-24-23-31-57(59)63-58(67(10,11)48-27-19-15-20-28-48)42-56(43-60(63)72)73-55-36-47(46-25-17-14-18-26-46)35-53(41-55)70-44-61(68(12,13)49-29-21-16-22-30-49)71(45-70)54-38-51(65(4,5)6)37-52(39-54)66(7,8)9/h14-44H,1-13H3. The number of imidazole rings is 1. The molecule has 0 aliphatic rings. The number of hydrogen-bond donors (Lipinski definition) is 0. The molecule has 0 spiro atoms. The Balaban J connectivity index is 1.21. The molecule has 10 rings (SSSR count). The molecule has 0 atom stereocenters. The van der Waals surface area contributed by atoms with E-state index < -0.39 is 10.8 Å². The first kappa shape index (κ1) is 49.1. The third kappa shape index (κ3) is 9.43. The molecule has 0 unspecified atom stereocenters. The van der Waals surface area contributed by atoms with E-state index in [1.807, 2.05) is 6.20 Å². The first-order chi connectivity index (χ1) is 34.6. The lowest BCUT2D eigenvalue weighted by Crippen LogP contribution is -2.41. The summed E-state index contributed by atoms with van der Waals surface area (Å²) in [6.07, 6.45) is 8.13. The van der Waals surface area contributed by atoms with Crippen LogP contribution >= 0.6 is 0 Å². The van der Waals surface area contributed by atoms with Gasteiger partial charge in [-0.25, -0.2) is 4.98 Å². The zero-order chi connectivity index (χ0) is 51.7. The minimum atomic E-state index is -0.404. The van der Waals surface area contributed by atoms with Gasteiger partial charge in [-0.3, -0.25) is 13.7 Å². The number of rotatable bonds is 10. The van der Waals surface area contributed by atoms with Crippen LogP contribution in [0.4, 0.5) is 0 Å². The van der Waals surface area contributed by atoms with E-state index in [2.05, 4.69) is 292 Å². The van der Waals surface area contributed by atoms with Crippen LogP contribution in [0, 0.1) is 6.33 Å². The summed E-state index contributed by atoms with van der Waals surface area (Å²) in [5, 5.41) is 2.36. The van der Waals surface area contributed by atoms with Gasteiger partial charge in [0, 0.05) is 40.1 Å². The molecule has 0 radical (unpaired) electrons. The van der Waals surface area contributed by atoms with Crippen LogP contribution in [0.5, 0.6) is 11.5 Å². The van der Waals surface area contributed by atoms with Gasteiger partial charge in [0.25, 0.3) is 6.33 Å². The smallest absolute Gasteiger partial charge is 0.269 e.